The molecule has 4 nitrogen and oxygen atoms in total. The average molecular weight is 286 g/mol. The molecule has 0 fully saturated rings. The van der Waals surface area contributed by atoms with Crippen molar-refractivity contribution < 1.29 is 0 Å². The van der Waals surface area contributed by atoms with Gasteiger partial charge in [-0.15, -0.1) is 0 Å². The van der Waals surface area contributed by atoms with Crippen LogP contribution in [-0.4, -0.2) is 19.5 Å². The third-order valence-electron chi connectivity index (χ3n) is 3.67. The average Bonchev–Trinajstić information content (AvgIpc) is 3.01. The number of hydrogen-bond donors (Lipinski definition) is 0. The van der Waals surface area contributed by atoms with Crippen LogP contribution in [0, 0.1) is 0 Å². The van der Waals surface area contributed by atoms with Crippen LogP contribution in [0.4, 0.5) is 0 Å². The molecule has 2 heterocycles. The second kappa shape index (κ2) is 5.07. The van der Waals surface area contributed by atoms with E-state index in [1.165, 1.54) is 0 Å². The topological polar surface area (TPSA) is 43.6 Å². The number of nitrogens with zero attached hydrogens (tertiary/aromatic N) is 4. The van der Waals surface area contributed by atoms with Crippen LogP contribution < -0.4 is 0 Å². The summed E-state index contributed by atoms with van der Waals surface area (Å²) in [7, 11) is 1.95. The van der Waals surface area contributed by atoms with Gasteiger partial charge >= 0.3 is 0 Å². The second-order valence-electron chi connectivity index (χ2n) is 5.14. The summed E-state index contributed by atoms with van der Waals surface area (Å²) in [5.74, 6) is 1.41. The Morgan fingerprint density at radius 2 is 1.64 bits per heavy atom. The predicted molar refractivity (Wildman–Crippen MR) is 87.2 cm³/mol. The summed E-state index contributed by atoms with van der Waals surface area (Å²) in [6.45, 7) is 0. The van der Waals surface area contributed by atoms with Gasteiger partial charge in [-0.05, 0) is 6.07 Å². The molecule has 0 saturated carbocycles. The van der Waals surface area contributed by atoms with Crippen molar-refractivity contribution >= 4 is 10.9 Å². The van der Waals surface area contributed by atoms with Gasteiger partial charge in [0.2, 0.25) is 0 Å². The van der Waals surface area contributed by atoms with Gasteiger partial charge in [0.25, 0.3) is 0 Å². The molecule has 0 radical (unpaired) electrons. The summed E-state index contributed by atoms with van der Waals surface area (Å²) in [5.41, 5.74) is 2.94. The number of aryl methyl sites for hydroxylation is 1. The molecule has 0 aliphatic heterocycles. The molecule has 4 heteroatoms. The van der Waals surface area contributed by atoms with Crippen molar-refractivity contribution in [2.75, 3.05) is 0 Å². The first-order chi connectivity index (χ1) is 10.8. The van der Waals surface area contributed by atoms with Crippen LogP contribution in [0.5, 0.6) is 0 Å². The van der Waals surface area contributed by atoms with Gasteiger partial charge in [-0.25, -0.2) is 15.0 Å². The van der Waals surface area contributed by atoms with Gasteiger partial charge in [0, 0.05) is 30.4 Å². The molecule has 0 saturated heterocycles. The number of fused-ring (bicyclic) bond motifs is 1. The van der Waals surface area contributed by atoms with Crippen molar-refractivity contribution in [3.63, 3.8) is 0 Å². The zero-order valence-corrected chi connectivity index (χ0v) is 12.1. The zero-order chi connectivity index (χ0) is 14.9. The van der Waals surface area contributed by atoms with E-state index in [0.29, 0.717) is 5.82 Å². The van der Waals surface area contributed by atoms with Gasteiger partial charge in [-0.1, -0.05) is 48.5 Å². The van der Waals surface area contributed by atoms with Crippen LogP contribution in [0.2, 0.25) is 0 Å². The molecular formula is C18H14N4. The second-order valence-corrected chi connectivity index (χ2v) is 5.14. The first-order valence-electron chi connectivity index (χ1n) is 7.13. The molecule has 0 amide bonds. The van der Waals surface area contributed by atoms with Gasteiger partial charge in [-0.2, -0.15) is 0 Å². The van der Waals surface area contributed by atoms with E-state index in [9.17, 15) is 0 Å². The van der Waals surface area contributed by atoms with E-state index in [-0.39, 0.29) is 0 Å². The Morgan fingerprint density at radius 1 is 0.864 bits per heavy atom. The van der Waals surface area contributed by atoms with Gasteiger partial charge in [0.05, 0.1) is 11.2 Å². The first kappa shape index (κ1) is 12.7. The molecule has 4 aromatic rings. The first-order valence-corrected chi connectivity index (χ1v) is 7.13. The molecule has 2 aromatic heterocycles. The van der Waals surface area contributed by atoms with E-state index < -0.39 is 0 Å². The molecule has 106 valence electrons. The van der Waals surface area contributed by atoms with Gasteiger partial charge in [-0.3, -0.25) is 0 Å². The van der Waals surface area contributed by atoms with Crippen LogP contribution in [0.15, 0.2) is 67.0 Å². The van der Waals surface area contributed by atoms with Crippen molar-refractivity contribution in [1.29, 1.82) is 0 Å². The number of aromatic nitrogens is 4. The molecular weight excluding hydrogens is 272 g/mol. The third-order valence-corrected chi connectivity index (χ3v) is 3.67. The van der Waals surface area contributed by atoms with Crippen LogP contribution in [0.25, 0.3) is 33.8 Å². The maximum atomic E-state index is 4.78. The Labute approximate surface area is 128 Å². The Bertz CT molecular complexity index is 942. The summed E-state index contributed by atoms with van der Waals surface area (Å²) in [5, 5.41) is 1.05. The minimum Gasteiger partial charge on any atom is -0.331 e. The highest BCUT2D eigenvalue weighted by atomic mass is 15.1. The van der Waals surface area contributed by atoms with E-state index in [4.69, 9.17) is 4.98 Å². The van der Waals surface area contributed by atoms with E-state index >= 15 is 0 Å². The highest BCUT2D eigenvalue weighted by molar-refractivity contribution is 5.93. The number of hydrogen-bond acceptors (Lipinski definition) is 3. The monoisotopic (exact) mass is 286 g/mol. The molecule has 0 bridgehead atoms. The van der Waals surface area contributed by atoms with Crippen LogP contribution >= 0.6 is 0 Å². The van der Waals surface area contributed by atoms with E-state index in [0.717, 1.165) is 28.0 Å². The molecule has 0 aliphatic carbocycles. The van der Waals surface area contributed by atoms with Crippen molar-refractivity contribution in [1.82, 2.24) is 19.5 Å². The summed E-state index contributed by atoms with van der Waals surface area (Å²) in [6.07, 6.45) is 3.66. The molecule has 0 spiro atoms. The lowest BCUT2D eigenvalue weighted by molar-refractivity contribution is 0.909. The lowest BCUT2D eigenvalue weighted by Crippen LogP contribution is -1.99. The Kier molecular flexibility index (Phi) is 2.93. The fourth-order valence-electron chi connectivity index (χ4n) is 2.57. The van der Waals surface area contributed by atoms with Crippen molar-refractivity contribution in [3.8, 4) is 22.9 Å². The molecule has 0 unspecified atom stereocenters. The molecule has 0 atom stereocenters. The minimum atomic E-state index is 0.644. The maximum absolute atomic E-state index is 4.78. The quantitative estimate of drug-likeness (QED) is 0.564. The number of benzene rings is 2. The Hall–Kier alpha value is -3.01. The van der Waals surface area contributed by atoms with E-state index in [1.54, 1.807) is 6.20 Å². The fraction of sp³-hybridized carbons (Fsp3) is 0.0556. The molecule has 2 aromatic carbocycles. The lowest BCUT2D eigenvalue weighted by Gasteiger charge is -2.09. The minimum absolute atomic E-state index is 0.644. The van der Waals surface area contributed by atoms with Crippen molar-refractivity contribution in [2.45, 2.75) is 0 Å². The SMILES string of the molecule is Cn1ccnc1-c1nc(-c2ccccc2)c2ccccc2n1. The van der Waals surface area contributed by atoms with Crippen molar-refractivity contribution in [3.05, 3.63) is 67.0 Å². The van der Waals surface area contributed by atoms with Gasteiger partial charge in [0.1, 0.15) is 0 Å². The molecule has 0 N–H and O–H groups in total. The lowest BCUT2D eigenvalue weighted by atomic mass is 10.1. The highest BCUT2D eigenvalue weighted by Crippen LogP contribution is 2.28. The summed E-state index contributed by atoms with van der Waals surface area (Å²) in [6, 6.07) is 18.3. The number of rotatable bonds is 2. The zero-order valence-electron chi connectivity index (χ0n) is 12.1. The van der Waals surface area contributed by atoms with Crippen molar-refractivity contribution in [2.24, 2.45) is 7.05 Å². The van der Waals surface area contributed by atoms with Crippen LogP contribution in [-0.2, 0) is 7.05 Å². The normalized spacial score (nSPS) is 11.0. The number of imidazole rings is 1. The van der Waals surface area contributed by atoms with E-state index in [2.05, 4.69) is 28.2 Å². The smallest absolute Gasteiger partial charge is 0.197 e. The molecule has 4 rings (SSSR count). The maximum Gasteiger partial charge on any atom is 0.197 e. The fourth-order valence-corrected chi connectivity index (χ4v) is 2.57. The largest absolute Gasteiger partial charge is 0.331 e. The standard InChI is InChI=1S/C18H14N4/c1-22-12-11-19-18(22)17-20-15-10-6-5-9-14(15)16(21-17)13-7-3-2-4-8-13/h2-12H,1H3. The summed E-state index contributed by atoms with van der Waals surface area (Å²) in [4.78, 5) is 13.8. The Morgan fingerprint density at radius 3 is 2.41 bits per heavy atom. The third kappa shape index (κ3) is 2.05. The summed E-state index contributed by atoms with van der Waals surface area (Å²) < 4.78 is 1.93. The van der Waals surface area contributed by atoms with E-state index in [1.807, 2.05) is 54.2 Å². The van der Waals surface area contributed by atoms with Gasteiger partial charge < -0.3 is 4.57 Å². The molecule has 22 heavy (non-hydrogen) atoms. The highest BCUT2D eigenvalue weighted by Gasteiger charge is 2.13. The molecule has 0 aliphatic rings. The van der Waals surface area contributed by atoms with Crippen LogP contribution in [0.1, 0.15) is 0 Å². The van der Waals surface area contributed by atoms with Gasteiger partial charge in [0.15, 0.2) is 11.6 Å². The Balaban J connectivity index is 2.04. The number of para-hydroxylation sites is 1. The summed E-state index contributed by atoms with van der Waals surface area (Å²) >= 11 is 0. The van der Waals surface area contributed by atoms with Crippen LogP contribution in [0.3, 0.4) is 0 Å². The predicted octanol–water partition coefficient (Wildman–Crippen LogP) is 3.70.